The summed E-state index contributed by atoms with van der Waals surface area (Å²) in [5.74, 6) is 0.297. The molecule has 0 saturated carbocycles. The molecule has 0 aliphatic rings. The Labute approximate surface area is 111 Å². The van der Waals surface area contributed by atoms with Gasteiger partial charge in [-0.15, -0.1) is 0 Å². The van der Waals surface area contributed by atoms with Crippen LogP contribution in [0.1, 0.15) is 10.4 Å². The third-order valence-electron chi connectivity index (χ3n) is 2.47. The minimum absolute atomic E-state index is 0.147. The van der Waals surface area contributed by atoms with E-state index in [1.165, 1.54) is 18.4 Å². The Balaban J connectivity index is 2.20. The number of rotatable bonds is 4. The summed E-state index contributed by atoms with van der Waals surface area (Å²) < 4.78 is 5.18. The quantitative estimate of drug-likeness (QED) is 0.651. The number of phenols is 1. The molecule has 2 aromatic carbocycles. The van der Waals surface area contributed by atoms with Crippen molar-refractivity contribution >= 4 is 11.6 Å². The summed E-state index contributed by atoms with van der Waals surface area (Å²) in [6.45, 7) is 3.47. The van der Waals surface area contributed by atoms with Crippen LogP contribution in [-0.2, 0) is 0 Å². The van der Waals surface area contributed by atoms with Gasteiger partial charge in [0.15, 0.2) is 0 Å². The minimum atomic E-state index is -0.289. The third-order valence-corrected chi connectivity index (χ3v) is 2.47. The molecule has 0 saturated heterocycles. The van der Waals surface area contributed by atoms with E-state index in [0.717, 1.165) is 0 Å². The maximum absolute atomic E-state index is 12.1. The van der Waals surface area contributed by atoms with E-state index < -0.39 is 0 Å². The Morgan fingerprint density at radius 3 is 2.53 bits per heavy atom. The van der Waals surface area contributed by atoms with Crippen LogP contribution in [0.3, 0.4) is 0 Å². The van der Waals surface area contributed by atoms with Crippen molar-refractivity contribution < 1.29 is 14.6 Å². The number of amides is 1. The molecule has 0 fully saturated rings. The summed E-state index contributed by atoms with van der Waals surface area (Å²) in [6.07, 6.45) is 1.27. The average Bonchev–Trinajstić information content (AvgIpc) is 2.42. The first-order valence-corrected chi connectivity index (χ1v) is 5.67. The van der Waals surface area contributed by atoms with E-state index in [4.69, 9.17) is 4.74 Å². The van der Waals surface area contributed by atoms with Gasteiger partial charge in [0.2, 0.25) is 0 Å². The van der Waals surface area contributed by atoms with Gasteiger partial charge in [-0.2, -0.15) is 0 Å². The first kappa shape index (κ1) is 12.7. The van der Waals surface area contributed by atoms with E-state index in [9.17, 15) is 9.90 Å². The molecule has 2 aromatic rings. The van der Waals surface area contributed by atoms with Crippen molar-refractivity contribution in [1.29, 1.82) is 0 Å². The zero-order valence-corrected chi connectivity index (χ0v) is 10.2. The van der Waals surface area contributed by atoms with Crippen molar-refractivity contribution in [2.75, 3.05) is 5.32 Å². The van der Waals surface area contributed by atoms with Gasteiger partial charge in [-0.1, -0.05) is 18.7 Å². The molecule has 0 unspecified atom stereocenters. The zero-order chi connectivity index (χ0) is 13.7. The lowest BCUT2D eigenvalue weighted by Crippen LogP contribution is -2.12. The number of carbonyl (C=O) groups is 1. The molecule has 4 heteroatoms. The first-order chi connectivity index (χ1) is 9.20. The molecule has 0 aliphatic heterocycles. The zero-order valence-electron chi connectivity index (χ0n) is 10.2. The predicted octanol–water partition coefficient (Wildman–Crippen LogP) is 3.17. The van der Waals surface area contributed by atoms with E-state index in [0.29, 0.717) is 17.0 Å². The van der Waals surface area contributed by atoms with Gasteiger partial charge in [0.05, 0.1) is 11.8 Å². The molecule has 2 N–H and O–H groups in total. The van der Waals surface area contributed by atoms with E-state index >= 15 is 0 Å². The minimum Gasteiger partial charge on any atom is -0.508 e. The van der Waals surface area contributed by atoms with Gasteiger partial charge in [0, 0.05) is 5.69 Å². The van der Waals surface area contributed by atoms with Gasteiger partial charge in [-0.25, -0.2) is 0 Å². The number of hydrogen-bond donors (Lipinski definition) is 2. The highest BCUT2D eigenvalue weighted by molar-refractivity contribution is 6.06. The Bertz CT molecular complexity index is 591. The Morgan fingerprint density at radius 1 is 1.16 bits per heavy atom. The highest BCUT2D eigenvalue weighted by Gasteiger charge is 2.11. The van der Waals surface area contributed by atoms with Crippen LogP contribution in [0.5, 0.6) is 11.5 Å². The lowest BCUT2D eigenvalue weighted by atomic mass is 10.2. The van der Waals surface area contributed by atoms with Crippen molar-refractivity contribution in [3.05, 3.63) is 66.9 Å². The number of anilines is 1. The number of carbonyl (C=O) groups excluding carboxylic acids is 1. The summed E-state index contributed by atoms with van der Waals surface area (Å²) >= 11 is 0. The number of nitrogens with one attached hydrogen (secondary N) is 1. The van der Waals surface area contributed by atoms with Gasteiger partial charge in [0.25, 0.3) is 5.91 Å². The van der Waals surface area contributed by atoms with Crippen molar-refractivity contribution in [1.82, 2.24) is 0 Å². The molecule has 0 aromatic heterocycles. The Hall–Kier alpha value is -2.75. The second-order valence-electron chi connectivity index (χ2n) is 3.78. The second kappa shape index (κ2) is 5.73. The third kappa shape index (κ3) is 3.13. The Morgan fingerprint density at radius 2 is 1.84 bits per heavy atom. The van der Waals surface area contributed by atoms with Crippen molar-refractivity contribution in [2.45, 2.75) is 0 Å². The van der Waals surface area contributed by atoms with Gasteiger partial charge < -0.3 is 15.2 Å². The van der Waals surface area contributed by atoms with E-state index in [1.807, 2.05) is 0 Å². The van der Waals surface area contributed by atoms with Gasteiger partial charge in [0.1, 0.15) is 11.5 Å². The normalized spacial score (nSPS) is 9.68. The van der Waals surface area contributed by atoms with Crippen LogP contribution < -0.4 is 10.1 Å². The highest BCUT2D eigenvalue weighted by Crippen LogP contribution is 2.20. The SMILES string of the molecule is C=COc1ccccc1C(=O)Nc1ccc(O)cc1. The number of benzene rings is 2. The number of hydrogen-bond acceptors (Lipinski definition) is 3. The fraction of sp³-hybridized carbons (Fsp3) is 0. The fourth-order valence-corrected chi connectivity index (χ4v) is 1.59. The van der Waals surface area contributed by atoms with Crippen molar-refractivity contribution in [3.8, 4) is 11.5 Å². The van der Waals surface area contributed by atoms with Crippen molar-refractivity contribution in [3.63, 3.8) is 0 Å². The van der Waals surface area contributed by atoms with Crippen LogP contribution >= 0.6 is 0 Å². The summed E-state index contributed by atoms with van der Waals surface area (Å²) in [4.78, 5) is 12.1. The number of para-hydroxylation sites is 1. The maximum atomic E-state index is 12.1. The molecule has 19 heavy (non-hydrogen) atoms. The second-order valence-corrected chi connectivity index (χ2v) is 3.78. The average molecular weight is 255 g/mol. The molecule has 0 radical (unpaired) electrons. The lowest BCUT2D eigenvalue weighted by Gasteiger charge is -2.09. The fourth-order valence-electron chi connectivity index (χ4n) is 1.59. The van der Waals surface area contributed by atoms with Crippen LogP contribution in [0.15, 0.2) is 61.4 Å². The van der Waals surface area contributed by atoms with Crippen molar-refractivity contribution in [2.24, 2.45) is 0 Å². The number of phenolic OH excluding ortho intramolecular Hbond substituents is 1. The molecule has 0 heterocycles. The molecule has 1 amide bonds. The van der Waals surface area contributed by atoms with Gasteiger partial charge >= 0.3 is 0 Å². The standard InChI is InChI=1S/C15H13NO3/c1-2-19-14-6-4-3-5-13(14)15(18)16-11-7-9-12(17)10-8-11/h2-10,17H,1H2,(H,16,18). The summed E-state index contributed by atoms with van der Waals surface area (Å²) in [6, 6.07) is 13.1. The molecule has 2 rings (SSSR count). The number of aromatic hydroxyl groups is 1. The summed E-state index contributed by atoms with van der Waals surface area (Å²) in [5, 5.41) is 11.9. The molecule has 0 aliphatic carbocycles. The van der Waals surface area contributed by atoms with Gasteiger partial charge in [-0.05, 0) is 36.4 Å². The van der Waals surface area contributed by atoms with E-state index in [1.54, 1.807) is 36.4 Å². The van der Waals surface area contributed by atoms with Gasteiger partial charge in [-0.3, -0.25) is 4.79 Å². The lowest BCUT2D eigenvalue weighted by molar-refractivity contribution is 0.102. The Kier molecular flexibility index (Phi) is 3.83. The highest BCUT2D eigenvalue weighted by atomic mass is 16.5. The molecular formula is C15H13NO3. The van der Waals surface area contributed by atoms with E-state index in [-0.39, 0.29) is 11.7 Å². The maximum Gasteiger partial charge on any atom is 0.259 e. The molecule has 0 atom stereocenters. The van der Waals surface area contributed by atoms with Crippen LogP contribution in [0.2, 0.25) is 0 Å². The van der Waals surface area contributed by atoms with Crippen LogP contribution in [0.25, 0.3) is 0 Å². The monoisotopic (exact) mass is 255 g/mol. The first-order valence-electron chi connectivity index (χ1n) is 5.67. The molecular weight excluding hydrogens is 242 g/mol. The molecule has 96 valence electrons. The largest absolute Gasteiger partial charge is 0.508 e. The topological polar surface area (TPSA) is 58.6 Å². The number of ether oxygens (including phenoxy) is 1. The molecule has 0 bridgehead atoms. The smallest absolute Gasteiger partial charge is 0.259 e. The summed E-state index contributed by atoms with van der Waals surface area (Å²) in [7, 11) is 0. The van der Waals surface area contributed by atoms with Crippen LogP contribution in [0.4, 0.5) is 5.69 Å². The van der Waals surface area contributed by atoms with E-state index in [2.05, 4.69) is 11.9 Å². The molecule has 4 nitrogen and oxygen atoms in total. The predicted molar refractivity (Wildman–Crippen MR) is 73.3 cm³/mol. The molecule has 0 spiro atoms. The van der Waals surface area contributed by atoms with Crippen LogP contribution in [-0.4, -0.2) is 11.0 Å². The summed E-state index contributed by atoms with van der Waals surface area (Å²) in [5.41, 5.74) is 1.01. The van der Waals surface area contributed by atoms with Crippen LogP contribution in [0, 0.1) is 0 Å².